The standard InChI is InChI=1S/C17H18ClN5O2S/c1-11(2)23-14(7-9-19-23)16-21-22-17(25-16)20-15(24)8-10-26-13-5-3-12(18)4-6-13/h3-7,9,11H,8,10H2,1-2H3,(H,20,22,24). The minimum atomic E-state index is -0.181. The second-order valence-electron chi connectivity index (χ2n) is 5.77. The van der Waals surface area contributed by atoms with Gasteiger partial charge in [0.1, 0.15) is 5.69 Å². The summed E-state index contributed by atoms with van der Waals surface area (Å²) in [5.41, 5.74) is 0.714. The van der Waals surface area contributed by atoms with Gasteiger partial charge < -0.3 is 4.42 Å². The second-order valence-corrected chi connectivity index (χ2v) is 7.37. The van der Waals surface area contributed by atoms with E-state index in [9.17, 15) is 4.79 Å². The van der Waals surface area contributed by atoms with E-state index in [2.05, 4.69) is 20.6 Å². The number of hydrogen-bond acceptors (Lipinski definition) is 6. The van der Waals surface area contributed by atoms with Crippen molar-refractivity contribution in [2.45, 2.75) is 31.2 Å². The van der Waals surface area contributed by atoms with Crippen LogP contribution in [0.25, 0.3) is 11.6 Å². The number of benzene rings is 1. The van der Waals surface area contributed by atoms with Gasteiger partial charge in [-0.25, -0.2) is 0 Å². The molecule has 0 aliphatic carbocycles. The summed E-state index contributed by atoms with van der Waals surface area (Å²) < 4.78 is 7.31. The molecule has 1 amide bonds. The lowest BCUT2D eigenvalue weighted by atomic mass is 10.3. The van der Waals surface area contributed by atoms with Crippen molar-refractivity contribution in [2.75, 3.05) is 11.1 Å². The Morgan fingerprint density at radius 2 is 2.04 bits per heavy atom. The molecule has 26 heavy (non-hydrogen) atoms. The third kappa shape index (κ3) is 4.64. The molecule has 0 bridgehead atoms. The Bertz CT molecular complexity index is 875. The van der Waals surface area contributed by atoms with Crippen LogP contribution in [0.1, 0.15) is 26.3 Å². The first-order valence-electron chi connectivity index (χ1n) is 8.08. The zero-order valence-corrected chi connectivity index (χ0v) is 15.9. The van der Waals surface area contributed by atoms with Crippen molar-refractivity contribution in [1.82, 2.24) is 20.0 Å². The maximum absolute atomic E-state index is 12.0. The predicted molar refractivity (Wildman–Crippen MR) is 101 cm³/mol. The van der Waals surface area contributed by atoms with E-state index in [1.165, 1.54) is 0 Å². The van der Waals surface area contributed by atoms with Crippen molar-refractivity contribution in [3.05, 3.63) is 41.6 Å². The normalized spacial score (nSPS) is 11.1. The number of rotatable bonds is 7. The SMILES string of the molecule is CC(C)n1nccc1-c1nnc(NC(=O)CCSc2ccc(Cl)cc2)o1. The van der Waals surface area contributed by atoms with E-state index >= 15 is 0 Å². The maximum Gasteiger partial charge on any atom is 0.322 e. The number of anilines is 1. The number of hydrogen-bond donors (Lipinski definition) is 1. The average molecular weight is 392 g/mol. The number of nitrogens with zero attached hydrogens (tertiary/aromatic N) is 4. The van der Waals surface area contributed by atoms with E-state index in [0.29, 0.717) is 28.8 Å². The Hall–Kier alpha value is -2.32. The first-order chi connectivity index (χ1) is 12.5. The molecule has 0 saturated heterocycles. The molecule has 0 radical (unpaired) electrons. The third-order valence-electron chi connectivity index (χ3n) is 3.46. The minimum absolute atomic E-state index is 0.0815. The van der Waals surface area contributed by atoms with Crippen LogP contribution in [-0.2, 0) is 4.79 Å². The fourth-order valence-corrected chi connectivity index (χ4v) is 3.22. The summed E-state index contributed by atoms with van der Waals surface area (Å²) in [6.07, 6.45) is 2.00. The third-order valence-corrected chi connectivity index (χ3v) is 4.73. The summed E-state index contributed by atoms with van der Waals surface area (Å²) in [4.78, 5) is 13.1. The lowest BCUT2D eigenvalue weighted by Crippen LogP contribution is -2.12. The molecule has 7 nitrogen and oxygen atoms in total. The smallest absolute Gasteiger partial charge is 0.322 e. The Labute approximate surface area is 160 Å². The van der Waals surface area contributed by atoms with E-state index in [0.717, 1.165) is 4.90 Å². The largest absolute Gasteiger partial charge is 0.401 e. The number of carbonyl (C=O) groups is 1. The number of nitrogens with one attached hydrogen (secondary N) is 1. The lowest BCUT2D eigenvalue weighted by molar-refractivity contribution is -0.115. The van der Waals surface area contributed by atoms with Crippen LogP contribution in [0, 0.1) is 0 Å². The van der Waals surface area contributed by atoms with E-state index in [-0.39, 0.29) is 18.0 Å². The van der Waals surface area contributed by atoms with Gasteiger partial charge in [-0.15, -0.1) is 16.9 Å². The maximum atomic E-state index is 12.0. The van der Waals surface area contributed by atoms with Gasteiger partial charge in [-0.1, -0.05) is 16.7 Å². The summed E-state index contributed by atoms with van der Waals surface area (Å²) in [6.45, 7) is 4.02. The van der Waals surface area contributed by atoms with Crippen LogP contribution >= 0.6 is 23.4 Å². The zero-order valence-electron chi connectivity index (χ0n) is 14.3. The summed E-state index contributed by atoms with van der Waals surface area (Å²) in [5.74, 6) is 0.773. The fourth-order valence-electron chi connectivity index (χ4n) is 2.25. The topological polar surface area (TPSA) is 85.8 Å². The number of aromatic nitrogens is 4. The first kappa shape index (κ1) is 18.5. The summed E-state index contributed by atoms with van der Waals surface area (Å²) in [5, 5.41) is 15.4. The van der Waals surface area contributed by atoms with Crippen molar-refractivity contribution in [3.8, 4) is 11.6 Å². The molecule has 9 heteroatoms. The van der Waals surface area contributed by atoms with Gasteiger partial charge in [-0.05, 0) is 44.2 Å². The molecule has 1 aromatic carbocycles. The number of carbonyl (C=O) groups excluding carboxylic acids is 1. The van der Waals surface area contributed by atoms with Gasteiger partial charge in [0.05, 0.1) is 0 Å². The summed E-state index contributed by atoms with van der Waals surface area (Å²) in [6, 6.07) is 9.53. The molecule has 0 spiro atoms. The van der Waals surface area contributed by atoms with Crippen LogP contribution in [0.3, 0.4) is 0 Å². The molecule has 2 heterocycles. The summed E-state index contributed by atoms with van der Waals surface area (Å²) >= 11 is 7.43. The Morgan fingerprint density at radius 1 is 1.27 bits per heavy atom. The van der Waals surface area contributed by atoms with Crippen molar-refractivity contribution >= 4 is 35.3 Å². The van der Waals surface area contributed by atoms with Gasteiger partial charge in [0, 0.05) is 34.3 Å². The average Bonchev–Trinajstić information content (AvgIpc) is 3.25. The van der Waals surface area contributed by atoms with Crippen molar-refractivity contribution in [3.63, 3.8) is 0 Å². The highest BCUT2D eigenvalue weighted by molar-refractivity contribution is 7.99. The van der Waals surface area contributed by atoms with Crippen LogP contribution in [0.5, 0.6) is 0 Å². The molecular formula is C17H18ClN5O2S. The number of thioether (sulfide) groups is 1. The van der Waals surface area contributed by atoms with Crippen molar-refractivity contribution in [1.29, 1.82) is 0 Å². The fraction of sp³-hybridized carbons (Fsp3) is 0.294. The molecular weight excluding hydrogens is 374 g/mol. The Morgan fingerprint density at radius 3 is 2.77 bits per heavy atom. The second kappa shape index (κ2) is 8.37. The highest BCUT2D eigenvalue weighted by Gasteiger charge is 2.16. The van der Waals surface area contributed by atoms with E-state index in [1.807, 2.05) is 38.1 Å². The molecule has 3 aromatic rings. The van der Waals surface area contributed by atoms with E-state index in [1.54, 1.807) is 28.7 Å². The highest BCUT2D eigenvalue weighted by atomic mass is 35.5. The van der Waals surface area contributed by atoms with Gasteiger partial charge in [0.15, 0.2) is 0 Å². The van der Waals surface area contributed by atoms with Gasteiger partial charge >= 0.3 is 6.01 Å². The quantitative estimate of drug-likeness (QED) is 0.604. The molecule has 0 aliphatic rings. The predicted octanol–water partition coefficient (Wildman–Crippen LogP) is 4.29. The van der Waals surface area contributed by atoms with E-state index < -0.39 is 0 Å². The monoisotopic (exact) mass is 391 g/mol. The lowest BCUT2D eigenvalue weighted by Gasteiger charge is -2.07. The van der Waals surface area contributed by atoms with Crippen LogP contribution in [-0.4, -0.2) is 31.6 Å². The zero-order chi connectivity index (χ0) is 18.5. The molecule has 0 fully saturated rings. The Kier molecular flexibility index (Phi) is 5.95. The number of halogens is 1. The van der Waals surface area contributed by atoms with Crippen LogP contribution < -0.4 is 5.32 Å². The Balaban J connectivity index is 1.53. The van der Waals surface area contributed by atoms with Crippen LogP contribution in [0.4, 0.5) is 6.01 Å². The molecule has 0 aliphatic heterocycles. The molecule has 1 N–H and O–H groups in total. The highest BCUT2D eigenvalue weighted by Crippen LogP contribution is 2.23. The van der Waals surface area contributed by atoms with Crippen LogP contribution in [0.2, 0.25) is 5.02 Å². The summed E-state index contributed by atoms with van der Waals surface area (Å²) in [7, 11) is 0. The minimum Gasteiger partial charge on any atom is -0.401 e. The van der Waals surface area contributed by atoms with Crippen LogP contribution in [0.15, 0.2) is 45.8 Å². The van der Waals surface area contributed by atoms with Gasteiger partial charge in [0.2, 0.25) is 5.91 Å². The molecule has 136 valence electrons. The van der Waals surface area contributed by atoms with Gasteiger partial charge in [-0.2, -0.15) is 5.10 Å². The molecule has 3 rings (SSSR count). The first-order valence-corrected chi connectivity index (χ1v) is 9.45. The van der Waals surface area contributed by atoms with Gasteiger partial charge in [0.25, 0.3) is 5.89 Å². The van der Waals surface area contributed by atoms with Crippen molar-refractivity contribution in [2.24, 2.45) is 0 Å². The van der Waals surface area contributed by atoms with Crippen molar-refractivity contribution < 1.29 is 9.21 Å². The van der Waals surface area contributed by atoms with E-state index in [4.69, 9.17) is 16.0 Å². The molecule has 0 atom stereocenters. The molecule has 2 aromatic heterocycles. The molecule has 0 unspecified atom stereocenters. The van der Waals surface area contributed by atoms with Gasteiger partial charge in [-0.3, -0.25) is 14.8 Å². The molecule has 0 saturated carbocycles. The number of amides is 1.